The average Bonchev–Trinajstić information content (AvgIpc) is 1.13. The smallest absolute Gasteiger partial charge is 0.228 e. The van der Waals surface area contributed by atoms with Crippen LogP contribution in [0.15, 0.2) is 390 Å². The Labute approximate surface area is 792 Å². The third-order valence-electron chi connectivity index (χ3n) is 23.9. The van der Waals surface area contributed by atoms with Gasteiger partial charge in [0, 0.05) is 45.5 Å². The van der Waals surface area contributed by atoms with Gasteiger partial charge in [0.1, 0.15) is 49.1 Å². The van der Waals surface area contributed by atoms with E-state index in [1.165, 1.54) is 36.5 Å². The van der Waals surface area contributed by atoms with E-state index >= 15 is 0 Å². The second-order valence-corrected chi connectivity index (χ2v) is 38.8. The highest BCUT2D eigenvalue weighted by Gasteiger charge is 2.42. The normalized spacial score (nSPS) is 12.9. The van der Waals surface area contributed by atoms with Crippen LogP contribution in [-0.4, -0.2) is 29.9 Å². The van der Waals surface area contributed by atoms with Crippen LogP contribution in [-0.2, 0) is 0 Å². The summed E-state index contributed by atoms with van der Waals surface area (Å²) in [6, 6.07) is 115. The number of para-hydroxylation sites is 8. The molecule has 6 aromatic heterocycles. The maximum Gasteiger partial charge on any atom is 0.228 e. The van der Waals surface area contributed by atoms with Gasteiger partial charge < -0.3 is 46.4 Å². The summed E-state index contributed by atoms with van der Waals surface area (Å²) in [5.41, 5.74) is 27.2. The van der Waals surface area contributed by atoms with Crippen LogP contribution in [0.1, 0.15) is 0 Å². The SMILES string of the molecule is Brc1ccc2c(c1)Oc1cc(-c3nc4ccccc4o3)cc3c1N2c1ccc(-c2nc4ccccc4o2)cc1O3.Brc1ccc2c(c1)Oc1ccc(-c3nc4ccccc4o3)c3c1N2c1cccc(-c2nc4ccccc4o2)c1S3.Brc1ccc2c(c1)Sc1c(-c3nc4ccc(-c5ccccc5)cc4s3)ccc3c1N2c1cc(-c2nc4ccc(-c5ccccc5)cc4s2)ccc1O3. The average molecular weight is 1980 g/mol. The summed E-state index contributed by atoms with van der Waals surface area (Å²) in [7, 11) is 0. The first-order valence-corrected chi connectivity index (χ1v) is 47.8. The van der Waals surface area contributed by atoms with E-state index < -0.39 is 0 Å². The van der Waals surface area contributed by atoms with Crippen molar-refractivity contribution < 1.29 is 36.6 Å². The Morgan fingerprint density at radius 1 is 0.227 bits per heavy atom. The molecule has 0 amide bonds. The summed E-state index contributed by atoms with van der Waals surface area (Å²) in [5.74, 6) is 8.03. The van der Waals surface area contributed by atoms with Crippen LogP contribution in [0, 0.1) is 0 Å². The summed E-state index contributed by atoms with van der Waals surface area (Å²) in [6.45, 7) is 0. The van der Waals surface area contributed by atoms with Gasteiger partial charge in [-0.2, -0.15) is 0 Å². The zero-order chi connectivity index (χ0) is 87.1. The van der Waals surface area contributed by atoms with E-state index in [1.54, 1.807) is 46.2 Å². The topological polar surface area (TPSA) is 177 Å². The number of rotatable bonds is 8. The van der Waals surface area contributed by atoms with Gasteiger partial charge in [0.25, 0.3) is 0 Å². The van der Waals surface area contributed by atoms with Crippen LogP contribution in [0.5, 0.6) is 46.0 Å². The maximum absolute atomic E-state index is 6.69. The van der Waals surface area contributed by atoms with Gasteiger partial charge in [-0.15, -0.1) is 22.7 Å². The minimum atomic E-state index is 0.491. The van der Waals surface area contributed by atoms with Gasteiger partial charge >= 0.3 is 0 Å². The number of aromatic nitrogens is 6. The van der Waals surface area contributed by atoms with Crippen molar-refractivity contribution in [1.29, 1.82) is 0 Å². The van der Waals surface area contributed by atoms with E-state index in [9.17, 15) is 0 Å². The van der Waals surface area contributed by atoms with Crippen molar-refractivity contribution in [1.82, 2.24) is 29.9 Å². The molecule has 626 valence electrons. The van der Waals surface area contributed by atoms with E-state index in [0.717, 1.165) is 207 Å². The van der Waals surface area contributed by atoms with E-state index in [0.29, 0.717) is 40.8 Å². The van der Waals surface area contributed by atoms with Crippen molar-refractivity contribution >= 4 is 210 Å². The minimum absolute atomic E-state index is 0.491. The van der Waals surface area contributed by atoms with Crippen molar-refractivity contribution in [3.63, 3.8) is 0 Å². The molecule has 0 fully saturated rings. The third kappa shape index (κ3) is 13.0. The number of oxazole rings is 4. The predicted octanol–water partition coefficient (Wildman–Crippen LogP) is 34.2. The Kier molecular flexibility index (Phi) is 17.9. The molecule has 0 atom stereocenters. The summed E-state index contributed by atoms with van der Waals surface area (Å²) in [4.78, 5) is 40.4. The number of fused-ring (bicyclic) bond motifs is 18. The summed E-state index contributed by atoms with van der Waals surface area (Å²) >= 11 is 17.8. The van der Waals surface area contributed by atoms with E-state index in [1.807, 2.05) is 176 Å². The molecule has 0 spiro atoms. The number of hydrogen-bond donors (Lipinski definition) is 0. The van der Waals surface area contributed by atoms with Crippen LogP contribution in [0.2, 0.25) is 0 Å². The minimum Gasteiger partial charge on any atom is -0.453 e. The molecular formula is C108H56Br3N9O8S4. The zero-order valence-corrected chi connectivity index (χ0v) is 76.4. The fraction of sp³-hybridized carbons (Fsp3) is 0. The predicted molar refractivity (Wildman–Crippen MR) is 535 cm³/mol. The zero-order valence-electron chi connectivity index (χ0n) is 68.4. The van der Waals surface area contributed by atoms with Gasteiger partial charge in [0.2, 0.25) is 23.6 Å². The van der Waals surface area contributed by atoms with Gasteiger partial charge in [-0.05, 0) is 235 Å². The first-order valence-electron chi connectivity index (χ1n) is 42.2. The number of halogens is 3. The molecule has 6 aliphatic heterocycles. The van der Waals surface area contributed by atoms with Crippen molar-refractivity contribution in [3.05, 3.63) is 353 Å². The third-order valence-corrected chi connectivity index (χ3v) is 29.9. The fourth-order valence-electron chi connectivity index (χ4n) is 17.9. The van der Waals surface area contributed by atoms with Gasteiger partial charge in [-0.25, -0.2) is 29.9 Å². The summed E-state index contributed by atoms with van der Waals surface area (Å²) in [6.07, 6.45) is 0. The van der Waals surface area contributed by atoms with Gasteiger partial charge in [-0.1, -0.05) is 199 Å². The monoisotopic (exact) mass is 1970 g/mol. The second-order valence-electron chi connectivity index (χ2n) is 32.0. The van der Waals surface area contributed by atoms with Crippen LogP contribution < -0.4 is 33.6 Å². The van der Waals surface area contributed by atoms with Crippen LogP contribution in [0.3, 0.4) is 0 Å². The molecule has 24 heteroatoms. The number of benzene rings is 17. The van der Waals surface area contributed by atoms with Crippen LogP contribution in [0.25, 0.3) is 154 Å². The van der Waals surface area contributed by atoms with Crippen LogP contribution in [0.4, 0.5) is 51.2 Å². The Bertz CT molecular complexity index is 8690. The molecule has 23 aromatic rings. The first-order chi connectivity index (χ1) is 65.0. The van der Waals surface area contributed by atoms with E-state index in [2.05, 4.69) is 231 Å². The van der Waals surface area contributed by atoms with Crippen molar-refractivity contribution in [2.75, 3.05) is 14.7 Å². The van der Waals surface area contributed by atoms with Crippen LogP contribution >= 0.6 is 94.0 Å². The highest BCUT2D eigenvalue weighted by atomic mass is 79.9. The molecule has 0 saturated heterocycles. The lowest BCUT2D eigenvalue weighted by Crippen LogP contribution is -2.20. The molecule has 132 heavy (non-hydrogen) atoms. The Balaban J connectivity index is 0.000000103. The Hall–Kier alpha value is -14.9. The lowest BCUT2D eigenvalue weighted by molar-refractivity contribution is 0.445. The molecule has 0 saturated carbocycles. The lowest BCUT2D eigenvalue weighted by atomic mass is 10.0. The highest BCUT2D eigenvalue weighted by Crippen LogP contribution is 2.67. The summed E-state index contributed by atoms with van der Waals surface area (Å²) < 4.78 is 56.0. The summed E-state index contributed by atoms with van der Waals surface area (Å²) in [5, 5.41) is 1.97. The lowest BCUT2D eigenvalue weighted by Gasteiger charge is -2.39. The van der Waals surface area contributed by atoms with Gasteiger partial charge in [0.15, 0.2) is 68.3 Å². The van der Waals surface area contributed by atoms with Gasteiger partial charge in [-0.3, -0.25) is 4.90 Å². The fourth-order valence-corrected chi connectivity index (χ4v) is 23.7. The Morgan fingerprint density at radius 3 is 1.23 bits per heavy atom. The molecule has 17 aromatic carbocycles. The van der Waals surface area contributed by atoms with Gasteiger partial charge in [0.05, 0.1) is 75.5 Å². The number of hydrogen-bond acceptors (Lipinski definition) is 21. The Morgan fingerprint density at radius 2 is 0.652 bits per heavy atom. The quantitative estimate of drug-likeness (QED) is 0.140. The molecule has 0 radical (unpaired) electrons. The highest BCUT2D eigenvalue weighted by molar-refractivity contribution is 9.11. The molecule has 17 nitrogen and oxygen atoms in total. The molecule has 0 unspecified atom stereocenters. The van der Waals surface area contributed by atoms with Crippen molar-refractivity contribution in [2.24, 2.45) is 0 Å². The largest absolute Gasteiger partial charge is 0.453 e. The number of thiazole rings is 2. The molecule has 6 aliphatic rings. The molecule has 0 aliphatic carbocycles. The number of ether oxygens (including phenoxy) is 4. The number of anilines is 9. The molecule has 0 bridgehead atoms. The second kappa shape index (κ2) is 30.6. The van der Waals surface area contributed by atoms with E-state index in [-0.39, 0.29) is 0 Å². The molecule has 12 heterocycles. The number of nitrogens with zero attached hydrogens (tertiary/aromatic N) is 9. The standard InChI is InChI=1S/C44H24BrN3OS3.C32H16BrN3O4.C32H16BrN3O3S/c45-30-14-18-34-40(24-30)50-42-31(44-47-33-17-12-28(23-39(33)52-44)26-9-5-2-6-10-26)15-20-37-41(42)48(34)35-21-29(13-19-36(35)49-37)43-46-32-16-11-27(22-38(32)51-43)25-7-3-1-4-8-25;33-19-10-12-23-27(16-19)38-29-15-18(32-35-21-6-2-4-8-25(21)40-32)14-28-30(29)36(23)22-11-9-17(13-26(22)37-28)31-34-20-5-1-3-7-24(20)39-31;33-17-12-14-22-27(16-17)37-26-15-13-19(32-35-21-8-2-4-11-25(21)39-32)30-28(26)36(22)23-9-5-6-18(29(23)40-30)31-34-20-7-1-3-10-24(20)38-31/h1-24H;2*1-16H. The molecule has 0 N–H and O–H groups in total. The van der Waals surface area contributed by atoms with Crippen molar-refractivity contribution in [2.45, 2.75) is 19.6 Å². The first kappa shape index (κ1) is 77.1. The van der Waals surface area contributed by atoms with Crippen molar-refractivity contribution in [3.8, 4) is 135 Å². The maximum atomic E-state index is 6.69. The van der Waals surface area contributed by atoms with E-state index in [4.69, 9.17) is 61.5 Å². The molecule has 29 rings (SSSR count). The molecular weight excluding hydrogens is 1920 g/mol.